The van der Waals surface area contributed by atoms with E-state index < -0.39 is 24.0 Å². The minimum absolute atomic E-state index is 0.0597. The Hall–Kier alpha value is -1.40. The average Bonchev–Trinajstić information content (AvgIpc) is 2.80. The lowest BCUT2D eigenvalue weighted by atomic mass is 9.35. The second-order valence-corrected chi connectivity index (χ2v) is 15.6. The third-order valence-electron chi connectivity index (χ3n) is 12.9. The van der Waals surface area contributed by atoms with Crippen LogP contribution in [0.5, 0.6) is 0 Å². The van der Waals surface area contributed by atoms with Crippen LogP contribution in [-0.4, -0.2) is 30.2 Å². The van der Waals surface area contributed by atoms with E-state index in [4.69, 9.17) is 0 Å². The standard InChI is InChI=1S/C31H46F3NO3/c1-26(2)13-14-30(25(38)35-17-31(32,33)34)12-7-18-24(19(30)16-26)20(36)15-22-28(18,5)10-8-21-27(3,4)23(37)9-11-29(21,22)6/h18-19,21-22,24H,7-17H2,1-6H3,(H,35,38). The number of hydrogen-bond donors (Lipinski definition) is 1. The molecule has 5 aliphatic carbocycles. The zero-order chi connectivity index (χ0) is 28.1. The van der Waals surface area contributed by atoms with Gasteiger partial charge in [0.1, 0.15) is 18.1 Å². The van der Waals surface area contributed by atoms with E-state index in [9.17, 15) is 27.6 Å². The molecule has 0 heterocycles. The number of nitrogens with one attached hydrogen (secondary N) is 1. The highest BCUT2D eigenvalue weighted by Gasteiger charge is 2.69. The lowest BCUT2D eigenvalue weighted by molar-refractivity contribution is -0.205. The number of ketones is 2. The quantitative estimate of drug-likeness (QED) is 0.417. The molecule has 38 heavy (non-hydrogen) atoms. The number of alkyl halides is 3. The molecule has 0 aromatic heterocycles. The second kappa shape index (κ2) is 8.55. The number of fused-ring (bicyclic) bond motifs is 7. The summed E-state index contributed by atoms with van der Waals surface area (Å²) in [7, 11) is 0. The molecule has 8 unspecified atom stereocenters. The normalized spacial score (nSPS) is 45.8. The zero-order valence-electron chi connectivity index (χ0n) is 24.0. The first kappa shape index (κ1) is 28.1. The van der Waals surface area contributed by atoms with Crippen LogP contribution in [0.2, 0.25) is 0 Å². The van der Waals surface area contributed by atoms with Crippen LogP contribution < -0.4 is 5.32 Å². The summed E-state index contributed by atoms with van der Waals surface area (Å²) in [6, 6.07) is 0. The fraction of sp³-hybridized carbons (Fsp3) is 0.903. The van der Waals surface area contributed by atoms with Crippen LogP contribution in [0.25, 0.3) is 0 Å². The maximum atomic E-state index is 14.2. The summed E-state index contributed by atoms with van der Waals surface area (Å²) >= 11 is 0. The molecule has 5 rings (SSSR count). The Morgan fingerprint density at radius 1 is 0.868 bits per heavy atom. The average molecular weight is 538 g/mol. The molecule has 214 valence electrons. The van der Waals surface area contributed by atoms with Crippen LogP contribution in [0.15, 0.2) is 0 Å². The molecule has 0 bridgehead atoms. The van der Waals surface area contributed by atoms with Crippen molar-refractivity contribution < 1.29 is 27.6 Å². The Morgan fingerprint density at radius 2 is 1.55 bits per heavy atom. The molecule has 8 atom stereocenters. The first-order valence-corrected chi connectivity index (χ1v) is 14.8. The highest BCUT2D eigenvalue weighted by Crippen LogP contribution is 2.72. The number of Topliss-reactive ketones (excluding diaryl/α,β-unsaturated/α-hetero) is 2. The summed E-state index contributed by atoms with van der Waals surface area (Å²) < 4.78 is 39.2. The predicted molar refractivity (Wildman–Crippen MR) is 139 cm³/mol. The van der Waals surface area contributed by atoms with Crippen LogP contribution in [-0.2, 0) is 14.4 Å². The molecule has 0 aliphatic heterocycles. The van der Waals surface area contributed by atoms with Gasteiger partial charge >= 0.3 is 6.18 Å². The van der Waals surface area contributed by atoms with E-state index in [2.05, 4.69) is 46.9 Å². The number of carbonyl (C=O) groups excluding carboxylic acids is 3. The largest absolute Gasteiger partial charge is 0.405 e. The van der Waals surface area contributed by atoms with Gasteiger partial charge in [-0.1, -0.05) is 41.5 Å². The number of amides is 1. The van der Waals surface area contributed by atoms with E-state index in [0.717, 1.165) is 25.7 Å². The first-order valence-electron chi connectivity index (χ1n) is 14.8. The van der Waals surface area contributed by atoms with E-state index in [-0.39, 0.29) is 57.0 Å². The summed E-state index contributed by atoms with van der Waals surface area (Å²) in [5, 5.41) is 2.24. The summed E-state index contributed by atoms with van der Waals surface area (Å²) in [4.78, 5) is 40.7. The van der Waals surface area contributed by atoms with E-state index in [1.807, 2.05) is 0 Å². The highest BCUT2D eigenvalue weighted by atomic mass is 19.4. The molecular weight excluding hydrogens is 491 g/mol. The van der Waals surface area contributed by atoms with Crippen LogP contribution >= 0.6 is 0 Å². The van der Waals surface area contributed by atoms with Gasteiger partial charge in [0.15, 0.2) is 0 Å². The first-order chi connectivity index (χ1) is 17.4. The van der Waals surface area contributed by atoms with Crippen molar-refractivity contribution >= 4 is 17.5 Å². The Balaban J connectivity index is 1.51. The van der Waals surface area contributed by atoms with Gasteiger partial charge < -0.3 is 5.32 Å². The van der Waals surface area contributed by atoms with Crippen molar-refractivity contribution in [3.63, 3.8) is 0 Å². The van der Waals surface area contributed by atoms with Gasteiger partial charge in [-0.25, -0.2) is 0 Å². The molecule has 0 spiro atoms. The number of hydrogen-bond acceptors (Lipinski definition) is 3. The van der Waals surface area contributed by atoms with Gasteiger partial charge in [-0.3, -0.25) is 14.4 Å². The van der Waals surface area contributed by atoms with E-state index in [1.54, 1.807) is 0 Å². The van der Waals surface area contributed by atoms with Gasteiger partial charge in [0.2, 0.25) is 5.91 Å². The lowest BCUT2D eigenvalue weighted by Crippen LogP contribution is -2.66. The number of halogens is 3. The molecule has 4 nitrogen and oxygen atoms in total. The summed E-state index contributed by atoms with van der Waals surface area (Å²) in [5.74, 6) is 0.121. The third kappa shape index (κ3) is 4.02. The Morgan fingerprint density at radius 3 is 2.21 bits per heavy atom. The van der Waals surface area contributed by atoms with Crippen molar-refractivity contribution in [3.05, 3.63) is 0 Å². The number of carbonyl (C=O) groups is 3. The maximum Gasteiger partial charge on any atom is 0.405 e. The number of rotatable bonds is 2. The molecule has 1 N–H and O–H groups in total. The second-order valence-electron chi connectivity index (χ2n) is 15.6. The van der Waals surface area contributed by atoms with Crippen LogP contribution in [0.4, 0.5) is 13.2 Å². The molecule has 0 saturated heterocycles. The fourth-order valence-electron chi connectivity index (χ4n) is 10.9. The molecule has 0 radical (unpaired) electrons. The van der Waals surface area contributed by atoms with E-state index >= 15 is 0 Å². The summed E-state index contributed by atoms with van der Waals surface area (Å²) in [6.45, 7) is 11.9. The maximum absolute atomic E-state index is 14.2. The fourth-order valence-corrected chi connectivity index (χ4v) is 10.9. The van der Waals surface area contributed by atoms with Crippen molar-refractivity contribution in [2.45, 2.75) is 112 Å². The SMILES string of the molecule is CC1(C)CCC2(C(=O)NCC(F)(F)F)CCC3C(C(=O)CC4C3(C)CCC3C(C)(C)C(=O)CCC34C)C2C1. The molecule has 5 fully saturated rings. The van der Waals surface area contributed by atoms with Gasteiger partial charge in [-0.2, -0.15) is 13.2 Å². The predicted octanol–water partition coefficient (Wildman–Crippen LogP) is 6.90. The molecule has 5 aliphatic rings. The molecule has 0 aromatic carbocycles. The van der Waals surface area contributed by atoms with Crippen molar-refractivity contribution in [1.82, 2.24) is 5.32 Å². The minimum atomic E-state index is -4.46. The van der Waals surface area contributed by atoms with Crippen LogP contribution in [0, 0.1) is 56.7 Å². The monoisotopic (exact) mass is 537 g/mol. The third-order valence-corrected chi connectivity index (χ3v) is 12.9. The Bertz CT molecular complexity index is 1030. The highest BCUT2D eigenvalue weighted by molar-refractivity contribution is 5.88. The van der Waals surface area contributed by atoms with Gasteiger partial charge in [0.05, 0.1) is 5.41 Å². The zero-order valence-corrected chi connectivity index (χ0v) is 24.0. The smallest absolute Gasteiger partial charge is 0.346 e. The van der Waals surface area contributed by atoms with Gasteiger partial charge in [-0.15, -0.1) is 0 Å². The van der Waals surface area contributed by atoms with Crippen molar-refractivity contribution in [2.24, 2.45) is 56.7 Å². The Labute approximate surface area is 225 Å². The molecular formula is C31H46F3NO3. The van der Waals surface area contributed by atoms with Crippen LogP contribution in [0.1, 0.15) is 106 Å². The van der Waals surface area contributed by atoms with Gasteiger partial charge in [0.25, 0.3) is 0 Å². The minimum Gasteiger partial charge on any atom is -0.346 e. The van der Waals surface area contributed by atoms with Crippen molar-refractivity contribution in [1.29, 1.82) is 0 Å². The van der Waals surface area contributed by atoms with E-state index in [0.29, 0.717) is 44.3 Å². The molecule has 5 saturated carbocycles. The molecule has 7 heteroatoms. The lowest BCUT2D eigenvalue weighted by Gasteiger charge is -2.68. The van der Waals surface area contributed by atoms with Crippen LogP contribution in [0.3, 0.4) is 0 Å². The van der Waals surface area contributed by atoms with Gasteiger partial charge in [0, 0.05) is 24.2 Å². The summed E-state index contributed by atoms with van der Waals surface area (Å²) in [6.07, 6.45) is 2.60. The van der Waals surface area contributed by atoms with E-state index in [1.165, 1.54) is 0 Å². The van der Waals surface area contributed by atoms with Crippen molar-refractivity contribution in [2.75, 3.05) is 6.54 Å². The van der Waals surface area contributed by atoms with Gasteiger partial charge in [-0.05, 0) is 91.3 Å². The molecule has 0 aromatic rings. The Kier molecular flexibility index (Phi) is 6.33. The van der Waals surface area contributed by atoms with Crippen molar-refractivity contribution in [3.8, 4) is 0 Å². The summed E-state index contributed by atoms with van der Waals surface area (Å²) in [5.41, 5.74) is -1.51. The topological polar surface area (TPSA) is 63.2 Å². The molecule has 1 amide bonds.